The minimum atomic E-state index is -0.229. The van der Waals surface area contributed by atoms with Crippen molar-refractivity contribution in [1.29, 1.82) is 0 Å². The normalized spacial score (nSPS) is 19.2. The number of halogens is 2. The second-order valence-electron chi connectivity index (χ2n) is 7.94. The van der Waals surface area contributed by atoms with E-state index in [1.54, 1.807) is 12.1 Å². The van der Waals surface area contributed by atoms with Crippen LogP contribution in [0.3, 0.4) is 0 Å². The monoisotopic (exact) mass is 547 g/mol. The largest absolute Gasteiger partial charge is 0.381 e. The molecule has 1 unspecified atom stereocenters. The lowest BCUT2D eigenvalue weighted by atomic mass is 10.1. The molecule has 0 spiro atoms. The molecule has 2 aliphatic heterocycles. The summed E-state index contributed by atoms with van der Waals surface area (Å²) in [5.41, 5.74) is 0.999. The number of piperazine rings is 1. The maximum atomic E-state index is 13.1. The molecule has 2 aliphatic rings. The smallest absolute Gasteiger partial charge is 0.224 e. The Kier molecular flexibility index (Phi) is 10.8. The van der Waals surface area contributed by atoms with Crippen molar-refractivity contribution >= 4 is 41.5 Å². The minimum Gasteiger partial charge on any atom is -0.381 e. The third kappa shape index (κ3) is 7.78. The fraction of sp³-hybridized carbons (Fsp3) is 0.636. The van der Waals surface area contributed by atoms with Crippen molar-refractivity contribution in [1.82, 2.24) is 15.1 Å². The second kappa shape index (κ2) is 13.0. The number of amides is 1. The number of hydrogen-bond donors (Lipinski definition) is 1. The quantitative estimate of drug-likeness (QED) is 0.323. The zero-order valence-electron chi connectivity index (χ0n) is 18.6. The van der Waals surface area contributed by atoms with E-state index in [1.165, 1.54) is 12.1 Å². The average molecular weight is 547 g/mol. The SMILES string of the molecule is CCNC(=NCCC(=O)N1CCN(c2ccc(F)cc2)CC1)N(C)CC1CCOC1.I. The molecule has 0 aliphatic carbocycles. The van der Waals surface area contributed by atoms with Crippen molar-refractivity contribution in [2.75, 3.05) is 71.0 Å². The lowest BCUT2D eigenvalue weighted by Crippen LogP contribution is -2.49. The maximum absolute atomic E-state index is 13.1. The number of guanidine groups is 1. The predicted octanol–water partition coefficient (Wildman–Crippen LogP) is 2.42. The number of ether oxygens (including phenoxy) is 1. The van der Waals surface area contributed by atoms with E-state index in [1.807, 2.05) is 18.9 Å². The number of anilines is 1. The fourth-order valence-electron chi connectivity index (χ4n) is 3.95. The van der Waals surface area contributed by atoms with Gasteiger partial charge < -0.3 is 24.8 Å². The van der Waals surface area contributed by atoms with Crippen LogP contribution >= 0.6 is 24.0 Å². The summed E-state index contributed by atoms with van der Waals surface area (Å²) in [6.45, 7) is 8.77. The molecule has 174 valence electrons. The predicted molar refractivity (Wildman–Crippen MR) is 133 cm³/mol. The number of nitrogens with zero attached hydrogens (tertiary/aromatic N) is 4. The van der Waals surface area contributed by atoms with Crippen LogP contribution in [-0.2, 0) is 9.53 Å². The number of carbonyl (C=O) groups is 1. The highest BCUT2D eigenvalue weighted by Gasteiger charge is 2.22. The Bertz CT molecular complexity index is 704. The Morgan fingerprint density at radius 2 is 1.97 bits per heavy atom. The number of rotatable bonds is 7. The third-order valence-corrected chi connectivity index (χ3v) is 5.66. The maximum Gasteiger partial charge on any atom is 0.224 e. The summed E-state index contributed by atoms with van der Waals surface area (Å²) < 4.78 is 18.6. The highest BCUT2D eigenvalue weighted by Crippen LogP contribution is 2.17. The van der Waals surface area contributed by atoms with Crippen LogP contribution in [0, 0.1) is 11.7 Å². The van der Waals surface area contributed by atoms with Crippen LogP contribution in [0.5, 0.6) is 0 Å². The molecule has 0 aromatic heterocycles. The summed E-state index contributed by atoms with van der Waals surface area (Å²) in [6.07, 6.45) is 1.50. The molecule has 9 heteroatoms. The Morgan fingerprint density at radius 3 is 2.58 bits per heavy atom. The van der Waals surface area contributed by atoms with E-state index < -0.39 is 0 Å². The van der Waals surface area contributed by atoms with Gasteiger partial charge >= 0.3 is 0 Å². The van der Waals surface area contributed by atoms with Gasteiger partial charge in [-0.2, -0.15) is 0 Å². The zero-order chi connectivity index (χ0) is 21.3. The molecule has 0 bridgehead atoms. The van der Waals surface area contributed by atoms with Crippen LogP contribution in [0.2, 0.25) is 0 Å². The number of nitrogens with one attached hydrogen (secondary N) is 1. The van der Waals surface area contributed by atoms with E-state index in [2.05, 4.69) is 20.1 Å². The van der Waals surface area contributed by atoms with Gasteiger partial charge in [-0.05, 0) is 37.6 Å². The van der Waals surface area contributed by atoms with Crippen molar-refractivity contribution in [3.05, 3.63) is 30.1 Å². The molecular weight excluding hydrogens is 512 g/mol. The molecule has 0 radical (unpaired) electrons. The molecule has 0 saturated carbocycles. The number of hydrogen-bond acceptors (Lipinski definition) is 4. The van der Waals surface area contributed by atoms with Crippen LogP contribution in [0.1, 0.15) is 19.8 Å². The van der Waals surface area contributed by atoms with Gasteiger partial charge in [-0.15, -0.1) is 24.0 Å². The van der Waals surface area contributed by atoms with Crippen molar-refractivity contribution in [2.24, 2.45) is 10.9 Å². The topological polar surface area (TPSA) is 60.4 Å². The summed E-state index contributed by atoms with van der Waals surface area (Å²) in [7, 11) is 2.04. The van der Waals surface area contributed by atoms with Gasteiger partial charge in [0.2, 0.25) is 5.91 Å². The van der Waals surface area contributed by atoms with Crippen LogP contribution in [0.4, 0.5) is 10.1 Å². The molecule has 3 rings (SSSR count). The molecule has 31 heavy (non-hydrogen) atoms. The number of benzene rings is 1. The van der Waals surface area contributed by atoms with Gasteiger partial charge in [-0.1, -0.05) is 0 Å². The van der Waals surface area contributed by atoms with E-state index in [9.17, 15) is 9.18 Å². The van der Waals surface area contributed by atoms with E-state index >= 15 is 0 Å². The van der Waals surface area contributed by atoms with Gasteiger partial charge in [0.05, 0.1) is 13.2 Å². The molecule has 1 atom stereocenters. The van der Waals surface area contributed by atoms with Gasteiger partial charge in [-0.3, -0.25) is 9.79 Å². The molecule has 1 aromatic carbocycles. The summed E-state index contributed by atoms with van der Waals surface area (Å²) in [5, 5.41) is 3.31. The van der Waals surface area contributed by atoms with Gasteiger partial charge in [0.15, 0.2) is 5.96 Å². The van der Waals surface area contributed by atoms with Gasteiger partial charge in [0.25, 0.3) is 0 Å². The summed E-state index contributed by atoms with van der Waals surface area (Å²) >= 11 is 0. The van der Waals surface area contributed by atoms with Gasteiger partial charge in [0.1, 0.15) is 5.82 Å². The van der Waals surface area contributed by atoms with Crippen molar-refractivity contribution in [2.45, 2.75) is 19.8 Å². The molecule has 1 aromatic rings. The molecule has 1 amide bonds. The van der Waals surface area contributed by atoms with Crippen LogP contribution in [0.25, 0.3) is 0 Å². The number of carbonyl (C=O) groups excluding carboxylic acids is 1. The summed E-state index contributed by atoms with van der Waals surface area (Å²) in [5.74, 6) is 1.30. The first-order chi connectivity index (χ1) is 14.6. The van der Waals surface area contributed by atoms with E-state index in [4.69, 9.17) is 4.74 Å². The first-order valence-corrected chi connectivity index (χ1v) is 10.9. The fourth-order valence-corrected chi connectivity index (χ4v) is 3.95. The Morgan fingerprint density at radius 1 is 1.26 bits per heavy atom. The van der Waals surface area contributed by atoms with Crippen molar-refractivity contribution < 1.29 is 13.9 Å². The number of aliphatic imine (C=N–C) groups is 1. The van der Waals surface area contributed by atoms with Crippen LogP contribution in [-0.4, -0.2) is 87.7 Å². The lowest BCUT2D eigenvalue weighted by Gasteiger charge is -2.36. The Balaban J connectivity index is 0.00000341. The first kappa shape index (κ1) is 25.6. The standard InChI is InChI=1S/C22H34FN5O2.HI/c1-3-24-22(26(2)16-18-9-15-30-17-18)25-10-8-21(29)28-13-11-27(12-14-28)20-6-4-19(23)5-7-20;/h4-7,18H,3,8-17H2,1-2H3,(H,24,25);1H. The van der Waals surface area contributed by atoms with E-state index in [-0.39, 0.29) is 35.7 Å². The van der Waals surface area contributed by atoms with Gasteiger partial charge in [-0.25, -0.2) is 4.39 Å². The first-order valence-electron chi connectivity index (χ1n) is 10.9. The Labute approximate surface area is 202 Å². The highest BCUT2D eigenvalue weighted by atomic mass is 127. The van der Waals surface area contributed by atoms with Crippen LogP contribution < -0.4 is 10.2 Å². The average Bonchev–Trinajstić information content (AvgIpc) is 3.26. The summed E-state index contributed by atoms with van der Waals surface area (Å²) in [4.78, 5) is 23.5. The third-order valence-electron chi connectivity index (χ3n) is 5.66. The van der Waals surface area contributed by atoms with Gasteiger partial charge in [0, 0.05) is 70.9 Å². The van der Waals surface area contributed by atoms with E-state index in [0.29, 0.717) is 32.0 Å². The van der Waals surface area contributed by atoms with E-state index in [0.717, 1.165) is 57.5 Å². The molecule has 7 nitrogen and oxygen atoms in total. The molecule has 2 fully saturated rings. The molecule has 2 heterocycles. The lowest BCUT2D eigenvalue weighted by molar-refractivity contribution is -0.131. The van der Waals surface area contributed by atoms with Crippen LogP contribution in [0.15, 0.2) is 29.3 Å². The Hall–Kier alpha value is -1.62. The zero-order valence-corrected chi connectivity index (χ0v) is 20.9. The molecular formula is C22H35FIN5O2. The highest BCUT2D eigenvalue weighted by molar-refractivity contribution is 14.0. The second-order valence-corrected chi connectivity index (χ2v) is 7.94. The van der Waals surface area contributed by atoms with Crippen molar-refractivity contribution in [3.8, 4) is 0 Å². The summed E-state index contributed by atoms with van der Waals surface area (Å²) in [6, 6.07) is 6.53. The van der Waals surface area contributed by atoms with Crippen molar-refractivity contribution in [3.63, 3.8) is 0 Å². The minimum absolute atomic E-state index is 0. The molecule has 1 N–H and O–H groups in total. The molecule has 2 saturated heterocycles.